The number of thiophene rings is 1. The predicted octanol–water partition coefficient (Wildman–Crippen LogP) is 13.8. The Morgan fingerprint density at radius 3 is 1.88 bits per heavy atom. The van der Waals surface area contributed by atoms with E-state index in [1.807, 2.05) is 11.3 Å². The molecule has 0 unspecified atom stereocenters. The molecular formula is C46H29NS. The number of hydrogen-bond donors (Lipinski definition) is 0. The molecule has 0 spiro atoms. The number of para-hydroxylation sites is 1. The van der Waals surface area contributed by atoms with Crippen molar-refractivity contribution in [2.45, 2.75) is 0 Å². The molecule has 10 aromatic rings. The van der Waals surface area contributed by atoms with Crippen molar-refractivity contribution < 1.29 is 0 Å². The van der Waals surface area contributed by atoms with Crippen LogP contribution in [0.3, 0.4) is 0 Å². The van der Waals surface area contributed by atoms with Crippen LogP contribution in [0.4, 0.5) is 17.1 Å². The summed E-state index contributed by atoms with van der Waals surface area (Å²) in [5.41, 5.74) is 5.93. The Labute approximate surface area is 282 Å². The lowest BCUT2D eigenvalue weighted by Gasteiger charge is -2.26. The number of hydrogen-bond acceptors (Lipinski definition) is 2. The SMILES string of the molecule is c1ccc(N(c2ccc(-c3cccc4ccc5c6ccccc6ccc5c34)cc2)c2cccc3sc4cc5ccccc5cc4c23)cc1. The Kier molecular flexibility index (Phi) is 6.12. The van der Waals surface area contributed by atoms with Crippen LogP contribution < -0.4 is 4.90 Å². The zero-order chi connectivity index (χ0) is 31.6. The zero-order valence-corrected chi connectivity index (χ0v) is 26.9. The number of fused-ring (bicyclic) bond motifs is 9. The first-order valence-electron chi connectivity index (χ1n) is 16.4. The van der Waals surface area contributed by atoms with Crippen molar-refractivity contribution in [2.75, 3.05) is 4.90 Å². The second kappa shape index (κ2) is 10.8. The maximum absolute atomic E-state index is 2.41. The molecule has 1 heterocycles. The van der Waals surface area contributed by atoms with E-state index < -0.39 is 0 Å². The van der Waals surface area contributed by atoms with Gasteiger partial charge in [-0.1, -0.05) is 127 Å². The molecule has 0 aliphatic rings. The van der Waals surface area contributed by atoms with E-state index in [1.54, 1.807) is 0 Å². The van der Waals surface area contributed by atoms with E-state index in [0.29, 0.717) is 0 Å². The Morgan fingerprint density at radius 2 is 1.02 bits per heavy atom. The Bertz CT molecular complexity index is 2830. The third-order valence-corrected chi connectivity index (χ3v) is 10.9. The molecule has 0 atom stereocenters. The van der Waals surface area contributed by atoms with Crippen LogP contribution in [0.15, 0.2) is 176 Å². The Morgan fingerprint density at radius 1 is 0.354 bits per heavy atom. The van der Waals surface area contributed by atoms with E-state index in [2.05, 4.69) is 181 Å². The number of anilines is 3. The maximum Gasteiger partial charge on any atom is 0.0554 e. The molecule has 0 amide bonds. The highest BCUT2D eigenvalue weighted by Crippen LogP contribution is 2.46. The largest absolute Gasteiger partial charge is 0.310 e. The van der Waals surface area contributed by atoms with Crippen LogP contribution in [-0.2, 0) is 0 Å². The molecule has 0 saturated heterocycles. The van der Waals surface area contributed by atoms with Gasteiger partial charge in [-0.25, -0.2) is 0 Å². The fourth-order valence-electron chi connectivity index (χ4n) is 7.59. The molecule has 0 aliphatic heterocycles. The minimum atomic E-state index is 1.13. The van der Waals surface area contributed by atoms with Crippen molar-refractivity contribution in [3.63, 3.8) is 0 Å². The summed E-state index contributed by atoms with van der Waals surface area (Å²) in [6.07, 6.45) is 0. The maximum atomic E-state index is 2.41. The van der Waals surface area contributed by atoms with Gasteiger partial charge >= 0.3 is 0 Å². The van der Waals surface area contributed by atoms with E-state index >= 15 is 0 Å². The van der Waals surface area contributed by atoms with E-state index in [0.717, 1.165) is 11.4 Å². The van der Waals surface area contributed by atoms with Gasteiger partial charge in [0.1, 0.15) is 0 Å². The van der Waals surface area contributed by atoms with E-state index in [-0.39, 0.29) is 0 Å². The summed E-state index contributed by atoms with van der Waals surface area (Å²) in [5, 5.41) is 12.9. The molecule has 0 bridgehead atoms. The van der Waals surface area contributed by atoms with Gasteiger partial charge in [-0.05, 0) is 103 Å². The lowest BCUT2D eigenvalue weighted by Crippen LogP contribution is -2.10. The molecule has 0 radical (unpaired) electrons. The summed E-state index contributed by atoms with van der Waals surface area (Å²) < 4.78 is 2.61. The quantitative estimate of drug-likeness (QED) is 0.176. The van der Waals surface area contributed by atoms with Crippen molar-refractivity contribution >= 4 is 91.7 Å². The molecule has 224 valence electrons. The summed E-state index contributed by atoms with van der Waals surface area (Å²) in [7, 11) is 0. The van der Waals surface area contributed by atoms with Crippen LogP contribution in [0, 0.1) is 0 Å². The van der Waals surface area contributed by atoms with Crippen LogP contribution in [0.25, 0.3) is 74.4 Å². The van der Waals surface area contributed by atoms with Crippen molar-refractivity contribution in [3.05, 3.63) is 176 Å². The van der Waals surface area contributed by atoms with Gasteiger partial charge in [0.05, 0.1) is 5.69 Å². The highest BCUT2D eigenvalue weighted by molar-refractivity contribution is 7.26. The van der Waals surface area contributed by atoms with Crippen LogP contribution in [0.1, 0.15) is 0 Å². The molecule has 0 saturated carbocycles. The summed E-state index contributed by atoms with van der Waals surface area (Å²) in [6.45, 7) is 0. The van der Waals surface area contributed by atoms with Crippen LogP contribution in [0.2, 0.25) is 0 Å². The molecule has 10 rings (SSSR count). The van der Waals surface area contributed by atoms with Gasteiger partial charge in [0.25, 0.3) is 0 Å². The van der Waals surface area contributed by atoms with Gasteiger partial charge in [-0.2, -0.15) is 0 Å². The van der Waals surface area contributed by atoms with E-state index in [4.69, 9.17) is 0 Å². The number of nitrogens with zero attached hydrogens (tertiary/aromatic N) is 1. The zero-order valence-electron chi connectivity index (χ0n) is 26.1. The highest BCUT2D eigenvalue weighted by Gasteiger charge is 2.19. The minimum Gasteiger partial charge on any atom is -0.310 e. The Hall–Kier alpha value is -5.96. The lowest BCUT2D eigenvalue weighted by atomic mass is 9.91. The van der Waals surface area contributed by atoms with E-state index in [9.17, 15) is 0 Å². The van der Waals surface area contributed by atoms with Gasteiger partial charge in [-0.15, -0.1) is 11.3 Å². The van der Waals surface area contributed by atoms with Gasteiger partial charge < -0.3 is 4.90 Å². The summed E-state index contributed by atoms with van der Waals surface area (Å²) in [4.78, 5) is 2.41. The monoisotopic (exact) mass is 627 g/mol. The molecule has 9 aromatic carbocycles. The van der Waals surface area contributed by atoms with Gasteiger partial charge in [0, 0.05) is 31.5 Å². The molecule has 0 fully saturated rings. The van der Waals surface area contributed by atoms with Gasteiger partial charge in [0.2, 0.25) is 0 Å². The minimum absolute atomic E-state index is 1.13. The second-order valence-electron chi connectivity index (χ2n) is 12.5. The average Bonchev–Trinajstić information content (AvgIpc) is 3.52. The summed E-state index contributed by atoms with van der Waals surface area (Å²) in [6, 6.07) is 64.5. The van der Waals surface area contributed by atoms with Crippen LogP contribution in [-0.4, -0.2) is 0 Å². The van der Waals surface area contributed by atoms with Gasteiger partial charge in [-0.3, -0.25) is 0 Å². The fourth-order valence-corrected chi connectivity index (χ4v) is 8.75. The smallest absolute Gasteiger partial charge is 0.0554 e. The molecular weight excluding hydrogens is 599 g/mol. The first-order valence-corrected chi connectivity index (χ1v) is 17.2. The average molecular weight is 628 g/mol. The number of rotatable bonds is 4. The fraction of sp³-hybridized carbons (Fsp3) is 0. The van der Waals surface area contributed by atoms with Crippen LogP contribution >= 0.6 is 11.3 Å². The number of benzene rings is 9. The van der Waals surface area contributed by atoms with Crippen molar-refractivity contribution in [3.8, 4) is 11.1 Å². The van der Waals surface area contributed by atoms with E-state index in [1.165, 1.54) is 80.1 Å². The standard InChI is InChI=1S/C46H29NS/c1-2-14-35(15-3-1)47(42-18-9-19-43-46(42)41-28-33-11-4-5-12-34(33)29-44(41)48-43)36-24-20-31(21-25-36)38-17-8-13-32-23-26-39-37-16-7-6-10-30(37)22-27-40(39)45(32)38/h1-29H. The molecule has 2 heteroatoms. The first kappa shape index (κ1) is 27.2. The predicted molar refractivity (Wildman–Crippen MR) is 209 cm³/mol. The van der Waals surface area contributed by atoms with Crippen molar-refractivity contribution in [2.24, 2.45) is 0 Å². The summed E-state index contributed by atoms with van der Waals surface area (Å²) in [5.74, 6) is 0. The molecule has 1 aromatic heterocycles. The second-order valence-corrected chi connectivity index (χ2v) is 13.6. The third-order valence-electron chi connectivity index (χ3n) is 9.80. The normalized spacial score (nSPS) is 11.8. The van der Waals surface area contributed by atoms with Crippen LogP contribution in [0.5, 0.6) is 0 Å². The lowest BCUT2D eigenvalue weighted by molar-refractivity contribution is 1.30. The van der Waals surface area contributed by atoms with Crippen molar-refractivity contribution in [1.29, 1.82) is 0 Å². The van der Waals surface area contributed by atoms with Gasteiger partial charge in [0.15, 0.2) is 0 Å². The van der Waals surface area contributed by atoms with Crippen molar-refractivity contribution in [1.82, 2.24) is 0 Å². The summed E-state index contributed by atoms with van der Waals surface area (Å²) >= 11 is 1.87. The molecule has 1 nitrogen and oxygen atoms in total. The highest BCUT2D eigenvalue weighted by atomic mass is 32.1. The Balaban J connectivity index is 1.16. The molecule has 48 heavy (non-hydrogen) atoms. The topological polar surface area (TPSA) is 3.24 Å². The third kappa shape index (κ3) is 4.24. The molecule has 0 aliphatic carbocycles. The molecule has 0 N–H and O–H groups in total. The first-order chi connectivity index (χ1) is 23.8.